The monoisotopic (exact) mass is 269 g/mol. The lowest BCUT2D eigenvalue weighted by molar-refractivity contribution is 0.155. The van der Waals surface area contributed by atoms with E-state index in [9.17, 15) is 13.2 Å². The number of nitriles is 1. The zero-order valence-electron chi connectivity index (χ0n) is 9.80. The summed E-state index contributed by atoms with van der Waals surface area (Å²) < 4.78 is 39.5. The largest absolute Gasteiger partial charge is 0.274 e. The maximum atomic E-state index is 13.7. The van der Waals surface area contributed by atoms with Crippen molar-refractivity contribution in [3.63, 3.8) is 0 Å². The zero-order chi connectivity index (χ0) is 13.4. The molecule has 0 amide bonds. The van der Waals surface area contributed by atoms with Crippen LogP contribution in [-0.4, -0.2) is 0 Å². The van der Waals surface area contributed by atoms with Crippen LogP contribution in [0.1, 0.15) is 42.2 Å². The van der Waals surface area contributed by atoms with E-state index in [1.54, 1.807) is 12.1 Å². The van der Waals surface area contributed by atoms with Gasteiger partial charge in [0.2, 0.25) is 0 Å². The molecule has 1 aromatic carbocycles. The Labute approximate surface area is 106 Å². The first-order valence-corrected chi connectivity index (χ1v) is 6.22. The summed E-state index contributed by atoms with van der Waals surface area (Å²) in [5.74, 6) is -0.511. The Kier molecular flexibility index (Phi) is 3.31. The maximum Gasteiger partial charge on any atom is 0.274 e. The van der Waals surface area contributed by atoms with E-state index in [4.69, 9.17) is 5.26 Å². The second-order valence-electron chi connectivity index (χ2n) is 4.25. The molecule has 2 rings (SSSR count). The number of nitrogens with zero attached hydrogens (tertiary/aromatic N) is 1. The van der Waals surface area contributed by atoms with E-state index in [1.807, 2.05) is 13.8 Å². The van der Waals surface area contributed by atoms with Gasteiger partial charge in [0.25, 0.3) is 6.43 Å². The molecule has 0 atom stereocenters. The molecule has 0 saturated carbocycles. The lowest BCUT2D eigenvalue weighted by Crippen LogP contribution is -1.92. The van der Waals surface area contributed by atoms with Crippen LogP contribution in [0.15, 0.2) is 12.1 Å². The van der Waals surface area contributed by atoms with Crippen molar-refractivity contribution in [2.45, 2.75) is 26.2 Å². The Morgan fingerprint density at radius 3 is 2.44 bits per heavy atom. The molecule has 0 aliphatic carbocycles. The van der Waals surface area contributed by atoms with Gasteiger partial charge in [0.05, 0.1) is 15.1 Å². The maximum absolute atomic E-state index is 13.7. The molecule has 0 radical (unpaired) electrons. The molecule has 0 saturated heterocycles. The van der Waals surface area contributed by atoms with E-state index in [2.05, 4.69) is 0 Å². The number of rotatable bonds is 2. The van der Waals surface area contributed by atoms with Gasteiger partial charge in [-0.2, -0.15) is 5.26 Å². The SMILES string of the molecule is CC(C)c1ccc(F)c2sc(C(F)F)c(C#N)c12. The summed E-state index contributed by atoms with van der Waals surface area (Å²) in [5.41, 5.74) is 0.638. The molecule has 0 aliphatic heterocycles. The van der Waals surface area contributed by atoms with Crippen LogP contribution in [0.2, 0.25) is 0 Å². The molecule has 18 heavy (non-hydrogen) atoms. The molecule has 2 aromatic rings. The normalized spacial score (nSPS) is 11.4. The van der Waals surface area contributed by atoms with Crippen LogP contribution in [0.5, 0.6) is 0 Å². The summed E-state index contributed by atoms with van der Waals surface area (Å²) in [6.07, 6.45) is -2.75. The second-order valence-corrected chi connectivity index (χ2v) is 5.30. The molecule has 1 aromatic heterocycles. The number of alkyl halides is 2. The first-order valence-electron chi connectivity index (χ1n) is 5.40. The van der Waals surface area contributed by atoms with Gasteiger partial charge in [0.15, 0.2) is 0 Å². The van der Waals surface area contributed by atoms with Gasteiger partial charge in [0.1, 0.15) is 11.9 Å². The first kappa shape index (κ1) is 12.9. The highest BCUT2D eigenvalue weighted by Crippen LogP contribution is 2.41. The van der Waals surface area contributed by atoms with Gasteiger partial charge in [0, 0.05) is 5.39 Å². The van der Waals surface area contributed by atoms with E-state index in [-0.39, 0.29) is 21.1 Å². The number of benzene rings is 1. The highest BCUT2D eigenvalue weighted by molar-refractivity contribution is 7.19. The molecule has 1 heterocycles. The Balaban J connectivity index is 2.93. The molecule has 0 aliphatic rings. The summed E-state index contributed by atoms with van der Waals surface area (Å²) >= 11 is 0.667. The van der Waals surface area contributed by atoms with Crippen molar-refractivity contribution in [1.29, 1.82) is 5.26 Å². The summed E-state index contributed by atoms with van der Waals surface area (Å²) in [6.45, 7) is 3.76. The fourth-order valence-corrected chi connectivity index (χ4v) is 3.01. The van der Waals surface area contributed by atoms with Crippen molar-refractivity contribution in [3.8, 4) is 6.07 Å². The van der Waals surface area contributed by atoms with E-state index in [1.165, 1.54) is 6.07 Å². The van der Waals surface area contributed by atoms with Crippen LogP contribution in [0, 0.1) is 17.1 Å². The summed E-state index contributed by atoms with van der Waals surface area (Å²) in [5, 5.41) is 9.39. The fraction of sp³-hybridized carbons (Fsp3) is 0.308. The molecular weight excluding hydrogens is 259 g/mol. The van der Waals surface area contributed by atoms with Crippen molar-refractivity contribution < 1.29 is 13.2 Å². The minimum absolute atomic E-state index is 0.0420. The van der Waals surface area contributed by atoms with E-state index in [0.717, 1.165) is 5.56 Å². The highest BCUT2D eigenvalue weighted by Gasteiger charge is 2.24. The van der Waals surface area contributed by atoms with Crippen molar-refractivity contribution in [2.24, 2.45) is 0 Å². The molecule has 5 heteroatoms. The molecule has 0 unspecified atom stereocenters. The van der Waals surface area contributed by atoms with Crippen LogP contribution in [0.4, 0.5) is 13.2 Å². The van der Waals surface area contributed by atoms with E-state index in [0.29, 0.717) is 16.7 Å². The quantitative estimate of drug-likeness (QED) is 0.754. The lowest BCUT2D eigenvalue weighted by atomic mass is 9.96. The van der Waals surface area contributed by atoms with Crippen LogP contribution < -0.4 is 0 Å². The molecule has 0 spiro atoms. The van der Waals surface area contributed by atoms with Crippen molar-refractivity contribution in [2.75, 3.05) is 0 Å². The van der Waals surface area contributed by atoms with Crippen LogP contribution >= 0.6 is 11.3 Å². The number of halogens is 3. The standard InChI is InChI=1S/C13H10F3NS/c1-6(2)7-3-4-9(14)12-10(7)8(5-17)11(18-12)13(15)16/h3-4,6,13H,1-2H3. The fourth-order valence-electron chi connectivity index (χ4n) is 1.96. The predicted octanol–water partition coefficient (Wildman–Crippen LogP) is 4.97. The Bertz CT molecular complexity index is 638. The first-order chi connectivity index (χ1) is 8.47. The van der Waals surface area contributed by atoms with Crippen LogP contribution in [0.25, 0.3) is 10.1 Å². The average molecular weight is 269 g/mol. The van der Waals surface area contributed by atoms with Gasteiger partial charge in [-0.05, 0) is 17.5 Å². The predicted molar refractivity (Wildman–Crippen MR) is 65.5 cm³/mol. The van der Waals surface area contributed by atoms with Gasteiger partial charge in [-0.15, -0.1) is 11.3 Å². The molecule has 0 N–H and O–H groups in total. The van der Waals surface area contributed by atoms with Crippen molar-refractivity contribution >= 4 is 21.4 Å². The lowest BCUT2D eigenvalue weighted by Gasteiger charge is -2.08. The van der Waals surface area contributed by atoms with Gasteiger partial charge in [-0.1, -0.05) is 19.9 Å². The molecule has 0 bridgehead atoms. The zero-order valence-corrected chi connectivity index (χ0v) is 10.6. The highest BCUT2D eigenvalue weighted by atomic mass is 32.1. The van der Waals surface area contributed by atoms with Gasteiger partial charge in [-0.3, -0.25) is 0 Å². The number of fused-ring (bicyclic) bond motifs is 1. The smallest absolute Gasteiger partial charge is 0.205 e. The minimum atomic E-state index is -2.75. The third kappa shape index (κ3) is 1.87. The van der Waals surface area contributed by atoms with E-state index < -0.39 is 12.2 Å². The number of hydrogen-bond donors (Lipinski definition) is 0. The Morgan fingerprint density at radius 2 is 1.94 bits per heavy atom. The minimum Gasteiger partial charge on any atom is -0.205 e. The summed E-state index contributed by atoms with van der Waals surface area (Å²) in [4.78, 5) is -0.348. The number of hydrogen-bond acceptors (Lipinski definition) is 2. The van der Waals surface area contributed by atoms with Crippen LogP contribution in [-0.2, 0) is 0 Å². The van der Waals surface area contributed by atoms with Gasteiger partial charge < -0.3 is 0 Å². The second kappa shape index (κ2) is 4.62. The van der Waals surface area contributed by atoms with Crippen molar-refractivity contribution in [3.05, 3.63) is 34.0 Å². The third-order valence-electron chi connectivity index (χ3n) is 2.78. The van der Waals surface area contributed by atoms with Crippen molar-refractivity contribution in [1.82, 2.24) is 0 Å². The molecule has 1 nitrogen and oxygen atoms in total. The summed E-state index contributed by atoms with van der Waals surface area (Å²) in [6, 6.07) is 4.62. The van der Waals surface area contributed by atoms with Gasteiger partial charge >= 0.3 is 0 Å². The molecule has 94 valence electrons. The average Bonchev–Trinajstić information content (AvgIpc) is 2.69. The number of thiophene rings is 1. The van der Waals surface area contributed by atoms with E-state index >= 15 is 0 Å². The Hall–Kier alpha value is -1.54. The van der Waals surface area contributed by atoms with Crippen LogP contribution in [0.3, 0.4) is 0 Å². The summed E-state index contributed by atoms with van der Waals surface area (Å²) in [7, 11) is 0. The molecule has 0 fully saturated rings. The topological polar surface area (TPSA) is 23.8 Å². The molecular formula is C13H10F3NS. The third-order valence-corrected chi connectivity index (χ3v) is 3.99. The van der Waals surface area contributed by atoms with Gasteiger partial charge in [-0.25, -0.2) is 13.2 Å². The Morgan fingerprint density at radius 1 is 1.28 bits per heavy atom.